The summed E-state index contributed by atoms with van der Waals surface area (Å²) in [6.45, 7) is -0.0440. The predicted octanol–water partition coefficient (Wildman–Crippen LogP) is 1.91. The number of rotatable bonds is 6. The van der Waals surface area contributed by atoms with Crippen LogP contribution in [0.3, 0.4) is 0 Å². The van der Waals surface area contributed by atoms with Crippen molar-refractivity contribution >= 4 is 29.1 Å². The van der Waals surface area contributed by atoms with Crippen LogP contribution >= 0.6 is 0 Å². The van der Waals surface area contributed by atoms with E-state index in [0.717, 1.165) is 0 Å². The van der Waals surface area contributed by atoms with Crippen LogP contribution in [-0.2, 0) is 14.4 Å². The molecule has 8 heteroatoms. The lowest BCUT2D eigenvalue weighted by Gasteiger charge is -2.24. The molecule has 1 aliphatic heterocycles. The van der Waals surface area contributed by atoms with E-state index in [1.165, 1.54) is 16.8 Å². The molecule has 0 unspecified atom stereocenters. The molecule has 0 aliphatic carbocycles. The van der Waals surface area contributed by atoms with Crippen LogP contribution in [0.5, 0.6) is 11.5 Å². The third-order valence-corrected chi connectivity index (χ3v) is 4.48. The standard InChI is InChI=1S/C21H23N3O5/c1-23(13-19(25)22-15-6-5-7-16(12-15)28-2)21(27)14-24-17-8-3-4-9-18(17)29-11-10-20(24)26/h3-9,12H,10-11,13-14H2,1-2H3,(H,22,25). The maximum atomic E-state index is 12.7. The summed E-state index contributed by atoms with van der Waals surface area (Å²) in [5.74, 6) is 0.283. The largest absolute Gasteiger partial charge is 0.497 e. The van der Waals surface area contributed by atoms with E-state index in [4.69, 9.17) is 9.47 Å². The van der Waals surface area contributed by atoms with Crippen LogP contribution in [0.2, 0.25) is 0 Å². The first kappa shape index (κ1) is 20.2. The highest BCUT2D eigenvalue weighted by Crippen LogP contribution is 2.30. The highest BCUT2D eigenvalue weighted by atomic mass is 16.5. The van der Waals surface area contributed by atoms with Crippen LogP contribution in [0.15, 0.2) is 48.5 Å². The van der Waals surface area contributed by atoms with Crippen molar-refractivity contribution in [1.82, 2.24) is 4.90 Å². The predicted molar refractivity (Wildman–Crippen MR) is 108 cm³/mol. The summed E-state index contributed by atoms with van der Waals surface area (Å²) in [5, 5.41) is 2.73. The number of carbonyl (C=O) groups is 3. The zero-order chi connectivity index (χ0) is 20.8. The lowest BCUT2D eigenvalue weighted by molar-refractivity contribution is -0.133. The number of benzene rings is 2. The highest BCUT2D eigenvalue weighted by molar-refractivity contribution is 6.01. The summed E-state index contributed by atoms with van der Waals surface area (Å²) >= 11 is 0. The van der Waals surface area contributed by atoms with E-state index in [1.54, 1.807) is 49.6 Å². The molecule has 3 rings (SSSR count). The fourth-order valence-electron chi connectivity index (χ4n) is 2.95. The molecule has 1 N–H and O–H groups in total. The Morgan fingerprint density at radius 1 is 1.21 bits per heavy atom. The topological polar surface area (TPSA) is 88.2 Å². The van der Waals surface area contributed by atoms with Crippen LogP contribution in [0, 0.1) is 0 Å². The van der Waals surface area contributed by atoms with Crippen LogP contribution in [0.25, 0.3) is 0 Å². The van der Waals surface area contributed by atoms with Gasteiger partial charge in [0.1, 0.15) is 18.0 Å². The number of nitrogens with zero attached hydrogens (tertiary/aromatic N) is 2. The van der Waals surface area contributed by atoms with Gasteiger partial charge in [0, 0.05) is 18.8 Å². The van der Waals surface area contributed by atoms with Crippen molar-refractivity contribution in [1.29, 1.82) is 0 Å². The lowest BCUT2D eigenvalue weighted by atomic mass is 10.2. The number of carbonyl (C=O) groups excluding carboxylic acids is 3. The van der Waals surface area contributed by atoms with Gasteiger partial charge in [-0.2, -0.15) is 0 Å². The van der Waals surface area contributed by atoms with Crippen molar-refractivity contribution in [2.45, 2.75) is 6.42 Å². The number of hydrogen-bond acceptors (Lipinski definition) is 5. The number of fused-ring (bicyclic) bond motifs is 1. The molecule has 0 spiro atoms. The monoisotopic (exact) mass is 397 g/mol. The molecule has 0 saturated heterocycles. The molecule has 0 aromatic heterocycles. The Hall–Kier alpha value is -3.55. The summed E-state index contributed by atoms with van der Waals surface area (Å²) in [6.07, 6.45) is 0.183. The molecule has 1 heterocycles. The van der Waals surface area contributed by atoms with Gasteiger partial charge in [0.25, 0.3) is 0 Å². The van der Waals surface area contributed by atoms with Crippen LogP contribution in [0.4, 0.5) is 11.4 Å². The van der Waals surface area contributed by atoms with Crippen molar-refractivity contribution in [3.63, 3.8) is 0 Å². The second kappa shape index (κ2) is 9.09. The van der Waals surface area contributed by atoms with Gasteiger partial charge in [-0.3, -0.25) is 19.3 Å². The van der Waals surface area contributed by atoms with Gasteiger partial charge in [-0.15, -0.1) is 0 Å². The number of amides is 3. The Labute approximate surface area is 169 Å². The van der Waals surface area contributed by atoms with E-state index in [9.17, 15) is 14.4 Å². The van der Waals surface area contributed by atoms with Gasteiger partial charge in [-0.1, -0.05) is 18.2 Å². The number of nitrogens with one attached hydrogen (secondary N) is 1. The molecule has 0 fully saturated rings. The summed E-state index contributed by atoms with van der Waals surface area (Å²) in [4.78, 5) is 40.1. The van der Waals surface area contributed by atoms with E-state index in [2.05, 4.69) is 5.32 Å². The maximum absolute atomic E-state index is 12.7. The molecule has 152 valence electrons. The van der Waals surface area contributed by atoms with E-state index >= 15 is 0 Å². The van der Waals surface area contributed by atoms with E-state index in [-0.39, 0.29) is 43.8 Å². The highest BCUT2D eigenvalue weighted by Gasteiger charge is 2.26. The van der Waals surface area contributed by atoms with E-state index < -0.39 is 0 Å². The SMILES string of the molecule is COc1cccc(NC(=O)CN(C)C(=O)CN2C(=O)CCOc3ccccc32)c1. The van der Waals surface area contributed by atoms with Crippen molar-refractivity contribution in [3.8, 4) is 11.5 Å². The van der Waals surface area contributed by atoms with Crippen LogP contribution < -0.4 is 19.7 Å². The molecular formula is C21H23N3O5. The number of para-hydroxylation sites is 2. The number of hydrogen-bond donors (Lipinski definition) is 1. The normalized spacial score (nSPS) is 13.0. The van der Waals surface area contributed by atoms with Crippen molar-refractivity contribution in [2.24, 2.45) is 0 Å². The zero-order valence-electron chi connectivity index (χ0n) is 16.4. The maximum Gasteiger partial charge on any atom is 0.243 e. The molecule has 8 nitrogen and oxygen atoms in total. The Morgan fingerprint density at radius 2 is 2.00 bits per heavy atom. The van der Waals surface area contributed by atoms with Gasteiger partial charge in [-0.25, -0.2) is 0 Å². The summed E-state index contributed by atoms with van der Waals surface area (Å²) < 4.78 is 10.7. The quantitative estimate of drug-likeness (QED) is 0.805. The number of ether oxygens (including phenoxy) is 2. The number of methoxy groups -OCH3 is 1. The third-order valence-electron chi connectivity index (χ3n) is 4.48. The van der Waals surface area contributed by atoms with E-state index in [0.29, 0.717) is 22.9 Å². The van der Waals surface area contributed by atoms with Crippen molar-refractivity contribution in [3.05, 3.63) is 48.5 Å². The average molecular weight is 397 g/mol. The first-order valence-corrected chi connectivity index (χ1v) is 9.18. The first-order chi connectivity index (χ1) is 14.0. The van der Waals surface area contributed by atoms with Crippen LogP contribution in [0.1, 0.15) is 6.42 Å². The summed E-state index contributed by atoms with van der Waals surface area (Å²) in [5.41, 5.74) is 1.13. The fourth-order valence-corrected chi connectivity index (χ4v) is 2.95. The Kier molecular flexibility index (Phi) is 6.33. The summed E-state index contributed by atoms with van der Waals surface area (Å²) in [7, 11) is 3.07. The molecule has 29 heavy (non-hydrogen) atoms. The first-order valence-electron chi connectivity index (χ1n) is 9.18. The van der Waals surface area contributed by atoms with Crippen LogP contribution in [-0.4, -0.2) is 56.5 Å². The molecule has 2 aromatic rings. The van der Waals surface area contributed by atoms with Gasteiger partial charge < -0.3 is 19.7 Å². The number of likely N-dealkylation sites (N-methyl/N-ethyl adjacent to an activating group) is 1. The van der Waals surface area contributed by atoms with Gasteiger partial charge in [0.2, 0.25) is 17.7 Å². The number of anilines is 2. The molecule has 3 amide bonds. The van der Waals surface area contributed by atoms with Crippen molar-refractivity contribution < 1.29 is 23.9 Å². The second-order valence-corrected chi connectivity index (χ2v) is 6.58. The molecule has 1 aliphatic rings. The minimum Gasteiger partial charge on any atom is -0.497 e. The fraction of sp³-hybridized carbons (Fsp3) is 0.286. The molecule has 2 aromatic carbocycles. The Bertz CT molecular complexity index is 915. The minimum absolute atomic E-state index is 0.143. The lowest BCUT2D eigenvalue weighted by Crippen LogP contribution is -2.43. The summed E-state index contributed by atoms with van der Waals surface area (Å²) in [6, 6.07) is 14.0. The van der Waals surface area contributed by atoms with Gasteiger partial charge in [-0.05, 0) is 24.3 Å². The Morgan fingerprint density at radius 3 is 2.79 bits per heavy atom. The minimum atomic E-state index is -0.351. The zero-order valence-corrected chi connectivity index (χ0v) is 16.4. The third kappa shape index (κ3) is 5.04. The van der Waals surface area contributed by atoms with Crippen molar-refractivity contribution in [2.75, 3.05) is 44.1 Å². The average Bonchev–Trinajstić information content (AvgIpc) is 2.87. The molecule has 0 atom stereocenters. The molecule has 0 radical (unpaired) electrons. The Balaban J connectivity index is 1.62. The van der Waals surface area contributed by atoms with Gasteiger partial charge in [0.15, 0.2) is 0 Å². The second-order valence-electron chi connectivity index (χ2n) is 6.58. The molecule has 0 saturated carbocycles. The molecule has 0 bridgehead atoms. The van der Waals surface area contributed by atoms with E-state index in [1.807, 2.05) is 6.07 Å². The smallest absolute Gasteiger partial charge is 0.243 e. The molecular weight excluding hydrogens is 374 g/mol. The van der Waals surface area contributed by atoms with Gasteiger partial charge >= 0.3 is 0 Å². The van der Waals surface area contributed by atoms with Gasteiger partial charge in [0.05, 0.1) is 32.4 Å².